The summed E-state index contributed by atoms with van der Waals surface area (Å²) in [6.45, 7) is 3.21. The molecule has 1 aromatic carbocycles. The number of piperidine rings is 1. The van der Waals surface area contributed by atoms with Gasteiger partial charge < -0.3 is 14.4 Å². The van der Waals surface area contributed by atoms with E-state index in [-0.39, 0.29) is 17.7 Å². The van der Waals surface area contributed by atoms with Gasteiger partial charge in [-0.15, -0.1) is 0 Å². The third-order valence-corrected chi connectivity index (χ3v) is 5.82. The minimum Gasteiger partial charge on any atom is -0.481 e. The molecule has 166 valence electrons. The van der Waals surface area contributed by atoms with Crippen LogP contribution in [0.3, 0.4) is 0 Å². The highest BCUT2D eigenvalue weighted by molar-refractivity contribution is 5.96. The zero-order valence-electron chi connectivity index (χ0n) is 18.7. The summed E-state index contributed by atoms with van der Waals surface area (Å²) in [5, 5.41) is 0. The minimum absolute atomic E-state index is 0.0860. The maximum atomic E-state index is 13.3. The normalized spacial score (nSPS) is 16.0. The van der Waals surface area contributed by atoms with Gasteiger partial charge in [-0.25, -0.2) is 9.97 Å². The average molecular weight is 433 g/mol. The van der Waals surface area contributed by atoms with Crippen LogP contribution in [0.2, 0.25) is 0 Å². The Morgan fingerprint density at radius 2 is 1.91 bits per heavy atom. The average Bonchev–Trinajstić information content (AvgIpc) is 2.85. The number of nitrogens with zero attached hydrogens (tertiary/aromatic N) is 4. The van der Waals surface area contributed by atoms with Gasteiger partial charge >= 0.3 is 0 Å². The fourth-order valence-corrected chi connectivity index (χ4v) is 4.23. The number of aromatic nitrogens is 3. The standard InChI is InChI=1S/C25H28N4O3/c1-17-26-15-20(14-18-8-5-4-6-9-18)23(27-17)19-10-7-13-29(16-19)25(30)21-11-12-22(31-2)28-24(21)32-3/h4-6,8-9,11-12,15,19H,7,10,13-14,16H2,1-3H3. The molecule has 3 aromatic rings. The molecule has 1 atom stereocenters. The number of carbonyl (C=O) groups excluding carboxylic acids is 1. The second kappa shape index (κ2) is 9.77. The highest BCUT2D eigenvalue weighted by atomic mass is 16.5. The van der Waals surface area contributed by atoms with E-state index in [9.17, 15) is 4.79 Å². The maximum absolute atomic E-state index is 13.3. The number of hydrogen-bond acceptors (Lipinski definition) is 6. The lowest BCUT2D eigenvalue weighted by Crippen LogP contribution is -2.39. The Bertz CT molecular complexity index is 1090. The SMILES string of the molecule is COc1ccc(C(=O)N2CCCC(c3nc(C)ncc3Cc3ccccc3)C2)c(OC)n1. The van der Waals surface area contributed by atoms with E-state index in [1.807, 2.05) is 36.2 Å². The summed E-state index contributed by atoms with van der Waals surface area (Å²) < 4.78 is 10.5. The second-order valence-electron chi connectivity index (χ2n) is 7.99. The van der Waals surface area contributed by atoms with Gasteiger partial charge in [-0.2, -0.15) is 4.98 Å². The monoisotopic (exact) mass is 432 g/mol. The van der Waals surface area contributed by atoms with Crippen molar-refractivity contribution in [3.63, 3.8) is 0 Å². The van der Waals surface area contributed by atoms with Crippen molar-refractivity contribution >= 4 is 5.91 Å². The Kier molecular flexibility index (Phi) is 6.63. The Labute approximate surface area is 188 Å². The van der Waals surface area contributed by atoms with Crippen molar-refractivity contribution in [1.82, 2.24) is 19.9 Å². The van der Waals surface area contributed by atoms with Crippen LogP contribution in [-0.4, -0.2) is 53.1 Å². The van der Waals surface area contributed by atoms with Crippen LogP contribution >= 0.6 is 0 Å². The number of hydrogen-bond donors (Lipinski definition) is 0. The van der Waals surface area contributed by atoms with Gasteiger partial charge in [0, 0.05) is 37.7 Å². The molecule has 0 N–H and O–H groups in total. The van der Waals surface area contributed by atoms with Gasteiger partial charge in [0.1, 0.15) is 11.4 Å². The topological polar surface area (TPSA) is 77.4 Å². The van der Waals surface area contributed by atoms with Gasteiger partial charge in [0.05, 0.1) is 19.9 Å². The molecule has 1 aliphatic rings. The molecule has 1 saturated heterocycles. The smallest absolute Gasteiger partial charge is 0.259 e. The van der Waals surface area contributed by atoms with E-state index < -0.39 is 0 Å². The molecule has 1 aliphatic heterocycles. The van der Waals surface area contributed by atoms with Crippen LogP contribution in [0.4, 0.5) is 0 Å². The number of ether oxygens (including phenoxy) is 2. The van der Waals surface area contributed by atoms with Crippen LogP contribution in [0.25, 0.3) is 0 Å². The van der Waals surface area contributed by atoms with E-state index in [0.29, 0.717) is 24.5 Å². The molecule has 1 unspecified atom stereocenters. The fraction of sp³-hybridized carbons (Fsp3) is 0.360. The van der Waals surface area contributed by atoms with Crippen molar-refractivity contribution in [2.24, 2.45) is 0 Å². The van der Waals surface area contributed by atoms with Crippen molar-refractivity contribution < 1.29 is 14.3 Å². The number of rotatable bonds is 6. The van der Waals surface area contributed by atoms with Gasteiger partial charge in [0.2, 0.25) is 11.8 Å². The maximum Gasteiger partial charge on any atom is 0.259 e. The molecule has 32 heavy (non-hydrogen) atoms. The third kappa shape index (κ3) is 4.72. The highest BCUT2D eigenvalue weighted by Gasteiger charge is 2.30. The first kappa shape index (κ1) is 21.7. The van der Waals surface area contributed by atoms with Crippen LogP contribution in [0.15, 0.2) is 48.7 Å². The van der Waals surface area contributed by atoms with Gasteiger partial charge in [-0.1, -0.05) is 30.3 Å². The molecular formula is C25H28N4O3. The largest absolute Gasteiger partial charge is 0.481 e. The Balaban J connectivity index is 1.58. The minimum atomic E-state index is -0.0860. The van der Waals surface area contributed by atoms with Crippen LogP contribution < -0.4 is 9.47 Å². The quantitative estimate of drug-likeness (QED) is 0.590. The Morgan fingerprint density at radius 1 is 1.09 bits per heavy atom. The summed E-state index contributed by atoms with van der Waals surface area (Å²) in [5.74, 6) is 1.51. The number of pyridine rings is 1. The van der Waals surface area contributed by atoms with Crippen LogP contribution in [0.1, 0.15) is 51.8 Å². The summed E-state index contributed by atoms with van der Waals surface area (Å²) >= 11 is 0. The summed E-state index contributed by atoms with van der Waals surface area (Å²) in [6.07, 6.45) is 4.61. The number of aryl methyl sites for hydroxylation is 1. The van der Waals surface area contributed by atoms with Crippen LogP contribution in [0, 0.1) is 6.92 Å². The summed E-state index contributed by atoms with van der Waals surface area (Å²) in [6, 6.07) is 13.7. The Morgan fingerprint density at radius 3 is 2.66 bits per heavy atom. The zero-order chi connectivity index (χ0) is 22.5. The predicted octanol–water partition coefficient (Wildman–Crippen LogP) is 3.81. The van der Waals surface area contributed by atoms with Gasteiger partial charge in [0.15, 0.2) is 0 Å². The molecule has 2 aromatic heterocycles. The van der Waals surface area contributed by atoms with E-state index in [4.69, 9.17) is 14.5 Å². The number of methoxy groups -OCH3 is 2. The van der Waals surface area contributed by atoms with Crippen LogP contribution in [-0.2, 0) is 6.42 Å². The molecular weight excluding hydrogens is 404 g/mol. The lowest BCUT2D eigenvalue weighted by Gasteiger charge is -2.33. The molecule has 1 amide bonds. The lowest BCUT2D eigenvalue weighted by molar-refractivity contribution is 0.0701. The molecule has 0 spiro atoms. The van der Waals surface area contributed by atoms with Gasteiger partial charge in [0.25, 0.3) is 5.91 Å². The fourth-order valence-electron chi connectivity index (χ4n) is 4.23. The van der Waals surface area contributed by atoms with Gasteiger partial charge in [-0.05, 0) is 37.0 Å². The third-order valence-electron chi connectivity index (χ3n) is 5.82. The van der Waals surface area contributed by atoms with E-state index >= 15 is 0 Å². The predicted molar refractivity (Wildman–Crippen MR) is 121 cm³/mol. The molecule has 7 heteroatoms. The molecule has 0 saturated carbocycles. The molecule has 0 bridgehead atoms. The molecule has 1 fully saturated rings. The van der Waals surface area contributed by atoms with E-state index in [1.165, 1.54) is 19.8 Å². The number of carbonyl (C=O) groups is 1. The van der Waals surface area contributed by atoms with Crippen molar-refractivity contribution in [2.45, 2.75) is 32.1 Å². The molecule has 7 nitrogen and oxygen atoms in total. The van der Waals surface area contributed by atoms with Crippen molar-refractivity contribution in [1.29, 1.82) is 0 Å². The molecule has 0 radical (unpaired) electrons. The molecule has 4 rings (SSSR count). The molecule has 3 heterocycles. The van der Waals surface area contributed by atoms with Crippen molar-refractivity contribution in [2.75, 3.05) is 27.3 Å². The van der Waals surface area contributed by atoms with Crippen LogP contribution in [0.5, 0.6) is 11.8 Å². The number of benzene rings is 1. The Hall–Kier alpha value is -3.48. The number of likely N-dealkylation sites (tertiary alicyclic amines) is 1. The first-order chi connectivity index (χ1) is 15.6. The summed E-state index contributed by atoms with van der Waals surface area (Å²) in [5.41, 5.74) is 3.82. The van der Waals surface area contributed by atoms with Crippen molar-refractivity contribution in [3.05, 3.63) is 76.9 Å². The van der Waals surface area contributed by atoms with Crippen molar-refractivity contribution in [3.8, 4) is 11.8 Å². The van der Waals surface area contributed by atoms with E-state index in [2.05, 4.69) is 22.1 Å². The number of amides is 1. The first-order valence-corrected chi connectivity index (χ1v) is 10.8. The second-order valence-corrected chi connectivity index (χ2v) is 7.99. The summed E-state index contributed by atoms with van der Waals surface area (Å²) in [7, 11) is 3.05. The van der Waals surface area contributed by atoms with Gasteiger partial charge in [-0.3, -0.25) is 4.79 Å². The summed E-state index contributed by atoms with van der Waals surface area (Å²) in [4.78, 5) is 28.7. The highest BCUT2D eigenvalue weighted by Crippen LogP contribution is 2.31. The lowest BCUT2D eigenvalue weighted by atomic mass is 9.90. The first-order valence-electron chi connectivity index (χ1n) is 10.8. The molecule has 0 aliphatic carbocycles. The van der Waals surface area contributed by atoms with E-state index in [0.717, 1.165) is 36.3 Å². The zero-order valence-corrected chi connectivity index (χ0v) is 18.7. The van der Waals surface area contributed by atoms with E-state index in [1.54, 1.807) is 12.1 Å².